The minimum absolute atomic E-state index is 0.0706. The summed E-state index contributed by atoms with van der Waals surface area (Å²) in [6, 6.07) is 16.8. The fourth-order valence-electron chi connectivity index (χ4n) is 5.62. The first-order valence-electron chi connectivity index (χ1n) is 14.1. The van der Waals surface area contributed by atoms with Gasteiger partial charge in [0.2, 0.25) is 17.7 Å². The Kier molecular flexibility index (Phi) is 9.79. The molecule has 2 aliphatic rings. The zero-order chi connectivity index (χ0) is 26.9. The largest absolute Gasteiger partial charge is 0.457 e. The van der Waals surface area contributed by atoms with E-state index in [-0.39, 0.29) is 11.8 Å². The maximum absolute atomic E-state index is 13.6. The molecule has 7 nitrogen and oxygen atoms in total. The molecule has 2 unspecified atom stereocenters. The maximum Gasteiger partial charge on any atom is 0.245 e. The van der Waals surface area contributed by atoms with Crippen molar-refractivity contribution in [1.29, 1.82) is 0 Å². The normalized spacial score (nSPS) is 19.7. The molecule has 1 saturated heterocycles. The van der Waals surface area contributed by atoms with Gasteiger partial charge in [-0.3, -0.25) is 14.4 Å². The number of likely N-dealkylation sites (tertiary alicyclic amines) is 1. The SMILES string of the molecule is CCCC(C(N)=O)C(CC1CCC1)C(=O)N[C@H]1CCCCN(Cc2cccc(Oc3ccccc3)c2)C1=O. The van der Waals surface area contributed by atoms with Crippen molar-refractivity contribution in [3.63, 3.8) is 0 Å². The highest BCUT2D eigenvalue weighted by molar-refractivity contribution is 5.91. The maximum atomic E-state index is 13.6. The molecule has 2 aromatic rings. The van der Waals surface area contributed by atoms with Crippen LogP contribution in [0.1, 0.15) is 70.3 Å². The molecule has 3 atom stereocenters. The first-order chi connectivity index (χ1) is 18.4. The van der Waals surface area contributed by atoms with Gasteiger partial charge in [0, 0.05) is 24.9 Å². The summed E-state index contributed by atoms with van der Waals surface area (Å²) in [4.78, 5) is 41.3. The quantitative estimate of drug-likeness (QED) is 0.403. The van der Waals surface area contributed by atoms with Gasteiger partial charge < -0.3 is 20.7 Å². The number of nitrogens with two attached hydrogens (primary N) is 1. The summed E-state index contributed by atoms with van der Waals surface area (Å²) in [5, 5.41) is 3.05. The van der Waals surface area contributed by atoms with E-state index < -0.39 is 23.8 Å². The number of nitrogens with zero attached hydrogens (tertiary/aromatic N) is 1. The number of benzene rings is 2. The lowest BCUT2D eigenvalue weighted by Gasteiger charge is -2.33. The van der Waals surface area contributed by atoms with E-state index >= 15 is 0 Å². The van der Waals surface area contributed by atoms with E-state index in [4.69, 9.17) is 10.5 Å². The van der Waals surface area contributed by atoms with Gasteiger partial charge in [0.1, 0.15) is 17.5 Å². The second-order valence-electron chi connectivity index (χ2n) is 10.8. The van der Waals surface area contributed by atoms with Gasteiger partial charge in [-0.2, -0.15) is 0 Å². The molecule has 204 valence electrons. The van der Waals surface area contributed by atoms with Crippen LogP contribution in [0.2, 0.25) is 0 Å². The third-order valence-electron chi connectivity index (χ3n) is 7.95. The molecule has 0 spiro atoms. The Morgan fingerprint density at radius 3 is 2.45 bits per heavy atom. The third-order valence-corrected chi connectivity index (χ3v) is 7.95. The monoisotopic (exact) mass is 519 g/mol. The minimum Gasteiger partial charge on any atom is -0.457 e. The molecular weight excluding hydrogens is 478 g/mol. The van der Waals surface area contributed by atoms with Crippen LogP contribution in [0.15, 0.2) is 54.6 Å². The Morgan fingerprint density at radius 1 is 1.00 bits per heavy atom. The van der Waals surface area contributed by atoms with Gasteiger partial charge in [0.25, 0.3) is 0 Å². The van der Waals surface area contributed by atoms with Crippen molar-refractivity contribution in [1.82, 2.24) is 10.2 Å². The van der Waals surface area contributed by atoms with Gasteiger partial charge in [0.15, 0.2) is 0 Å². The molecule has 1 aliphatic carbocycles. The van der Waals surface area contributed by atoms with Crippen molar-refractivity contribution in [2.75, 3.05) is 6.54 Å². The standard InChI is InChI=1S/C31H41N3O4/c1-2-10-26(29(32)35)27(20-22-11-8-12-22)30(36)33-28-17-6-7-18-34(31(28)37)21-23-13-9-16-25(19-23)38-24-14-4-3-5-15-24/h3-5,9,13-16,19,22,26-28H,2,6-8,10-12,17-18,20-21H2,1H3,(H2,32,35)(H,33,36)/t26?,27?,28-/m0/s1. The van der Waals surface area contributed by atoms with Gasteiger partial charge in [0.05, 0.1) is 0 Å². The lowest BCUT2D eigenvalue weighted by atomic mass is 9.74. The topological polar surface area (TPSA) is 102 Å². The molecule has 0 radical (unpaired) electrons. The Morgan fingerprint density at radius 2 is 1.76 bits per heavy atom. The summed E-state index contributed by atoms with van der Waals surface area (Å²) in [6.45, 7) is 3.09. The minimum atomic E-state index is -0.590. The van der Waals surface area contributed by atoms with Crippen LogP contribution in [0.25, 0.3) is 0 Å². The predicted molar refractivity (Wildman–Crippen MR) is 147 cm³/mol. The van der Waals surface area contributed by atoms with Crippen LogP contribution in [-0.4, -0.2) is 35.2 Å². The summed E-state index contributed by atoms with van der Waals surface area (Å²) in [6.07, 6.45) is 7.71. The highest BCUT2D eigenvalue weighted by atomic mass is 16.5. The molecule has 3 N–H and O–H groups in total. The molecule has 38 heavy (non-hydrogen) atoms. The van der Waals surface area contributed by atoms with Gasteiger partial charge in [-0.05, 0) is 67.9 Å². The fraction of sp³-hybridized carbons (Fsp3) is 0.516. The summed E-state index contributed by atoms with van der Waals surface area (Å²) < 4.78 is 5.97. The Labute approximate surface area is 226 Å². The number of nitrogens with one attached hydrogen (secondary N) is 1. The third kappa shape index (κ3) is 7.36. The van der Waals surface area contributed by atoms with Crippen molar-refractivity contribution in [3.8, 4) is 11.5 Å². The zero-order valence-corrected chi connectivity index (χ0v) is 22.4. The summed E-state index contributed by atoms with van der Waals surface area (Å²) in [5.74, 6) is 0.263. The summed E-state index contributed by atoms with van der Waals surface area (Å²) in [7, 11) is 0. The summed E-state index contributed by atoms with van der Waals surface area (Å²) >= 11 is 0. The number of carbonyl (C=O) groups is 3. The van der Waals surface area contributed by atoms with Gasteiger partial charge in [-0.15, -0.1) is 0 Å². The average molecular weight is 520 g/mol. The van der Waals surface area contributed by atoms with Crippen LogP contribution in [0.5, 0.6) is 11.5 Å². The number of ether oxygens (including phenoxy) is 1. The number of carbonyl (C=O) groups excluding carboxylic acids is 3. The smallest absolute Gasteiger partial charge is 0.245 e. The van der Waals surface area contributed by atoms with Crippen LogP contribution in [-0.2, 0) is 20.9 Å². The van der Waals surface area contributed by atoms with Crippen molar-refractivity contribution in [2.45, 2.75) is 77.3 Å². The molecule has 7 heteroatoms. The number of amides is 3. The van der Waals surface area contributed by atoms with Crippen molar-refractivity contribution in [3.05, 3.63) is 60.2 Å². The van der Waals surface area contributed by atoms with E-state index in [2.05, 4.69) is 5.32 Å². The van der Waals surface area contributed by atoms with E-state index in [1.54, 1.807) is 0 Å². The molecule has 3 amide bonds. The van der Waals surface area contributed by atoms with Crippen LogP contribution < -0.4 is 15.8 Å². The first kappa shape index (κ1) is 27.7. The van der Waals surface area contributed by atoms with Gasteiger partial charge in [-0.1, -0.05) is 62.9 Å². The van der Waals surface area contributed by atoms with E-state index in [9.17, 15) is 14.4 Å². The predicted octanol–water partition coefficient (Wildman–Crippen LogP) is 5.18. The number of rotatable bonds is 12. The van der Waals surface area contributed by atoms with E-state index in [1.807, 2.05) is 66.4 Å². The Hall–Kier alpha value is -3.35. The number of hydrogen-bond donors (Lipinski definition) is 2. The highest BCUT2D eigenvalue weighted by Crippen LogP contribution is 2.36. The van der Waals surface area contributed by atoms with Crippen LogP contribution in [0, 0.1) is 17.8 Å². The number of hydrogen-bond acceptors (Lipinski definition) is 4. The summed E-state index contributed by atoms with van der Waals surface area (Å²) in [5.41, 5.74) is 6.72. The van der Waals surface area contributed by atoms with Crippen LogP contribution in [0.4, 0.5) is 0 Å². The number of para-hydroxylation sites is 1. The molecule has 0 aromatic heterocycles. The molecule has 1 heterocycles. The van der Waals surface area contributed by atoms with Crippen molar-refractivity contribution in [2.24, 2.45) is 23.5 Å². The molecule has 2 fully saturated rings. The Bertz CT molecular complexity index is 1090. The molecule has 4 rings (SSSR count). The molecule has 2 aromatic carbocycles. The molecule has 1 aliphatic heterocycles. The lowest BCUT2D eigenvalue weighted by molar-refractivity contribution is -0.139. The van der Waals surface area contributed by atoms with Crippen molar-refractivity contribution < 1.29 is 19.1 Å². The van der Waals surface area contributed by atoms with E-state index in [1.165, 1.54) is 6.42 Å². The lowest BCUT2D eigenvalue weighted by Crippen LogP contribution is -2.51. The Balaban J connectivity index is 1.43. The average Bonchev–Trinajstić information content (AvgIpc) is 3.04. The van der Waals surface area contributed by atoms with E-state index in [0.717, 1.165) is 43.4 Å². The second-order valence-corrected chi connectivity index (χ2v) is 10.8. The van der Waals surface area contributed by atoms with Gasteiger partial charge in [-0.25, -0.2) is 0 Å². The van der Waals surface area contributed by atoms with E-state index in [0.29, 0.717) is 44.0 Å². The van der Waals surface area contributed by atoms with Crippen molar-refractivity contribution >= 4 is 17.7 Å². The van der Waals surface area contributed by atoms with Crippen LogP contribution in [0.3, 0.4) is 0 Å². The fourth-order valence-corrected chi connectivity index (χ4v) is 5.62. The second kappa shape index (κ2) is 13.4. The van der Waals surface area contributed by atoms with Gasteiger partial charge >= 0.3 is 0 Å². The number of primary amides is 1. The van der Waals surface area contributed by atoms with Crippen LogP contribution >= 0.6 is 0 Å². The molecular formula is C31H41N3O4. The molecule has 1 saturated carbocycles. The highest BCUT2D eigenvalue weighted by Gasteiger charge is 2.37. The first-order valence-corrected chi connectivity index (χ1v) is 14.1. The molecule has 0 bridgehead atoms. The zero-order valence-electron chi connectivity index (χ0n) is 22.4.